The van der Waals surface area contributed by atoms with Crippen molar-refractivity contribution < 1.29 is 19.4 Å². The molecule has 4 nitrogen and oxygen atoms in total. The average molecular weight is 188 g/mol. The van der Waals surface area contributed by atoms with E-state index in [1.54, 1.807) is 0 Å². The second-order valence-corrected chi connectivity index (χ2v) is 3.90. The summed E-state index contributed by atoms with van der Waals surface area (Å²) in [6, 6.07) is 0. The minimum absolute atomic E-state index is 0.0510. The number of carboxylic acid groups (broad SMARTS) is 1. The smallest absolute Gasteiger partial charge is 0.329 e. The second-order valence-electron chi connectivity index (χ2n) is 3.90. The molecule has 0 aromatic carbocycles. The second kappa shape index (κ2) is 4.07. The van der Waals surface area contributed by atoms with Gasteiger partial charge in [-0.2, -0.15) is 0 Å². The molecule has 1 saturated heterocycles. The summed E-state index contributed by atoms with van der Waals surface area (Å²) in [5.41, 5.74) is 0.0510. The lowest BCUT2D eigenvalue weighted by Gasteiger charge is -2.44. The van der Waals surface area contributed by atoms with Gasteiger partial charge in [0.25, 0.3) is 0 Å². The highest BCUT2D eigenvalue weighted by molar-refractivity contribution is 5.67. The van der Waals surface area contributed by atoms with Crippen LogP contribution in [0.4, 0.5) is 0 Å². The first-order valence-electron chi connectivity index (χ1n) is 4.44. The van der Waals surface area contributed by atoms with Gasteiger partial charge in [0.1, 0.15) is 6.61 Å². The van der Waals surface area contributed by atoms with Crippen LogP contribution in [0, 0.1) is 11.3 Å². The summed E-state index contributed by atoms with van der Waals surface area (Å²) in [6.07, 6.45) is 0. The van der Waals surface area contributed by atoms with Crippen molar-refractivity contribution in [2.45, 2.75) is 13.8 Å². The Morgan fingerprint density at radius 1 is 1.62 bits per heavy atom. The van der Waals surface area contributed by atoms with Crippen LogP contribution in [-0.2, 0) is 14.3 Å². The molecule has 0 saturated carbocycles. The Balaban J connectivity index is 2.28. The minimum Gasteiger partial charge on any atom is -0.480 e. The van der Waals surface area contributed by atoms with E-state index in [1.807, 2.05) is 0 Å². The van der Waals surface area contributed by atoms with E-state index in [2.05, 4.69) is 13.8 Å². The van der Waals surface area contributed by atoms with E-state index in [9.17, 15) is 4.79 Å². The predicted octanol–water partition coefficient (Wildman–Crippen LogP) is 0.760. The van der Waals surface area contributed by atoms with Crippen molar-refractivity contribution >= 4 is 5.97 Å². The first-order chi connectivity index (χ1) is 6.07. The van der Waals surface area contributed by atoms with E-state index in [-0.39, 0.29) is 12.0 Å². The van der Waals surface area contributed by atoms with E-state index in [0.29, 0.717) is 25.7 Å². The average Bonchev–Trinajstić information content (AvgIpc) is 1.93. The molecule has 76 valence electrons. The van der Waals surface area contributed by atoms with E-state index in [0.717, 1.165) is 0 Å². The van der Waals surface area contributed by atoms with Crippen molar-refractivity contribution in [2.75, 3.05) is 26.4 Å². The lowest BCUT2D eigenvalue weighted by molar-refractivity contribution is -0.177. The largest absolute Gasteiger partial charge is 0.480 e. The maximum absolute atomic E-state index is 10.2. The highest BCUT2D eigenvalue weighted by atomic mass is 16.5. The molecule has 0 bridgehead atoms. The molecule has 0 atom stereocenters. The Kier molecular flexibility index (Phi) is 3.27. The lowest BCUT2D eigenvalue weighted by Crippen LogP contribution is -2.50. The van der Waals surface area contributed by atoms with Gasteiger partial charge >= 0.3 is 5.97 Å². The standard InChI is InChI=1S/C9H16O4/c1-7(2)9(5-13-6-9)4-12-3-8(10)11/h7H,3-6H2,1-2H3,(H,10,11). The first-order valence-corrected chi connectivity index (χ1v) is 4.44. The van der Waals surface area contributed by atoms with Crippen LogP contribution < -0.4 is 0 Å². The summed E-state index contributed by atoms with van der Waals surface area (Å²) in [5.74, 6) is -0.450. The fourth-order valence-electron chi connectivity index (χ4n) is 1.29. The van der Waals surface area contributed by atoms with Gasteiger partial charge < -0.3 is 14.6 Å². The van der Waals surface area contributed by atoms with Crippen LogP contribution in [0.1, 0.15) is 13.8 Å². The molecule has 0 radical (unpaired) electrons. The Bertz CT molecular complexity index is 184. The topological polar surface area (TPSA) is 55.8 Å². The number of hydrogen-bond donors (Lipinski definition) is 1. The fraction of sp³-hybridized carbons (Fsp3) is 0.889. The zero-order chi connectivity index (χ0) is 9.90. The first kappa shape index (κ1) is 10.5. The molecular weight excluding hydrogens is 172 g/mol. The van der Waals surface area contributed by atoms with Gasteiger partial charge in [-0.3, -0.25) is 0 Å². The molecule has 0 amide bonds. The molecule has 4 heteroatoms. The fourth-order valence-corrected chi connectivity index (χ4v) is 1.29. The van der Waals surface area contributed by atoms with Crippen molar-refractivity contribution in [3.63, 3.8) is 0 Å². The molecule has 1 fully saturated rings. The predicted molar refractivity (Wildman–Crippen MR) is 46.5 cm³/mol. The number of carboxylic acids is 1. The highest BCUT2D eigenvalue weighted by Crippen LogP contribution is 2.35. The van der Waals surface area contributed by atoms with Crippen LogP contribution >= 0.6 is 0 Å². The van der Waals surface area contributed by atoms with E-state index >= 15 is 0 Å². The Morgan fingerprint density at radius 2 is 2.23 bits per heavy atom. The van der Waals surface area contributed by atoms with Crippen molar-refractivity contribution in [3.05, 3.63) is 0 Å². The third-order valence-corrected chi connectivity index (χ3v) is 2.62. The maximum atomic E-state index is 10.2. The summed E-state index contributed by atoms with van der Waals surface area (Å²) < 4.78 is 10.2. The number of rotatable bonds is 5. The molecule has 0 unspecified atom stereocenters. The van der Waals surface area contributed by atoms with E-state index < -0.39 is 5.97 Å². The van der Waals surface area contributed by atoms with Crippen molar-refractivity contribution in [1.29, 1.82) is 0 Å². The molecule has 1 N–H and O–H groups in total. The van der Waals surface area contributed by atoms with Gasteiger partial charge in [0.2, 0.25) is 0 Å². The molecule has 13 heavy (non-hydrogen) atoms. The van der Waals surface area contributed by atoms with Gasteiger partial charge in [-0.05, 0) is 5.92 Å². The number of carbonyl (C=O) groups is 1. The molecule has 0 aromatic heterocycles. The maximum Gasteiger partial charge on any atom is 0.329 e. The van der Waals surface area contributed by atoms with Crippen LogP contribution in [-0.4, -0.2) is 37.5 Å². The van der Waals surface area contributed by atoms with Gasteiger partial charge in [-0.15, -0.1) is 0 Å². The minimum atomic E-state index is -0.917. The monoisotopic (exact) mass is 188 g/mol. The van der Waals surface area contributed by atoms with Crippen LogP contribution in [0.2, 0.25) is 0 Å². The van der Waals surface area contributed by atoms with E-state index in [1.165, 1.54) is 0 Å². The van der Waals surface area contributed by atoms with Crippen LogP contribution in [0.15, 0.2) is 0 Å². The lowest BCUT2D eigenvalue weighted by atomic mass is 9.76. The summed E-state index contributed by atoms with van der Waals surface area (Å²) in [6.45, 7) is 5.85. The van der Waals surface area contributed by atoms with Crippen LogP contribution in [0.5, 0.6) is 0 Å². The molecule has 1 aliphatic rings. The summed E-state index contributed by atoms with van der Waals surface area (Å²) in [4.78, 5) is 10.2. The highest BCUT2D eigenvalue weighted by Gasteiger charge is 2.41. The zero-order valence-corrected chi connectivity index (χ0v) is 8.08. The van der Waals surface area contributed by atoms with Gasteiger partial charge in [-0.1, -0.05) is 13.8 Å². The van der Waals surface area contributed by atoms with Gasteiger partial charge in [0, 0.05) is 5.41 Å². The molecule has 1 rings (SSSR count). The number of ether oxygens (including phenoxy) is 2. The number of aliphatic carboxylic acids is 1. The van der Waals surface area contributed by atoms with Crippen molar-refractivity contribution in [1.82, 2.24) is 0 Å². The third-order valence-electron chi connectivity index (χ3n) is 2.62. The molecule has 1 heterocycles. The van der Waals surface area contributed by atoms with Gasteiger partial charge in [0.05, 0.1) is 19.8 Å². The van der Waals surface area contributed by atoms with E-state index in [4.69, 9.17) is 14.6 Å². The zero-order valence-electron chi connectivity index (χ0n) is 8.08. The third kappa shape index (κ3) is 2.42. The van der Waals surface area contributed by atoms with Crippen molar-refractivity contribution in [3.8, 4) is 0 Å². The Morgan fingerprint density at radius 3 is 2.54 bits per heavy atom. The molecule has 0 spiro atoms. The number of hydrogen-bond acceptors (Lipinski definition) is 3. The molecule has 0 aliphatic carbocycles. The Labute approximate surface area is 77.8 Å². The van der Waals surface area contributed by atoms with Gasteiger partial charge in [0.15, 0.2) is 0 Å². The quantitative estimate of drug-likeness (QED) is 0.692. The normalized spacial score (nSPS) is 19.9. The summed E-state index contributed by atoms with van der Waals surface area (Å²) >= 11 is 0. The summed E-state index contributed by atoms with van der Waals surface area (Å²) in [7, 11) is 0. The van der Waals surface area contributed by atoms with Crippen LogP contribution in [0.3, 0.4) is 0 Å². The van der Waals surface area contributed by atoms with Crippen LogP contribution in [0.25, 0.3) is 0 Å². The SMILES string of the molecule is CC(C)C1(COCC(=O)O)COC1. The Hall–Kier alpha value is -0.610. The van der Waals surface area contributed by atoms with Gasteiger partial charge in [-0.25, -0.2) is 4.79 Å². The van der Waals surface area contributed by atoms with Crippen molar-refractivity contribution in [2.24, 2.45) is 11.3 Å². The molecule has 1 aliphatic heterocycles. The molecule has 0 aromatic rings. The molecular formula is C9H16O4. The summed E-state index contributed by atoms with van der Waals surface area (Å²) in [5, 5.41) is 8.38.